The largest absolute Gasteiger partial charge is 0.469 e. The zero-order valence-electron chi connectivity index (χ0n) is 10.3. The zero-order valence-corrected chi connectivity index (χ0v) is 10.3. The molecule has 2 bridgehead atoms. The number of hydrogen-bond acceptors (Lipinski definition) is 3. The molecule has 2 rings (SSSR count). The summed E-state index contributed by atoms with van der Waals surface area (Å²) in [5.41, 5.74) is -0.371. The monoisotopic (exact) mass is 224 g/mol. The van der Waals surface area contributed by atoms with E-state index in [0.29, 0.717) is 24.5 Å². The normalized spacial score (nSPS) is 42.9. The molecule has 2 aliphatic rings. The van der Waals surface area contributed by atoms with Crippen molar-refractivity contribution in [2.45, 2.75) is 39.5 Å². The molecule has 3 heteroatoms. The number of fused-ring (bicyclic) bond motifs is 2. The lowest BCUT2D eigenvalue weighted by atomic mass is 9.56. The van der Waals surface area contributed by atoms with Gasteiger partial charge in [0.15, 0.2) is 0 Å². The van der Waals surface area contributed by atoms with Gasteiger partial charge in [-0.1, -0.05) is 13.8 Å². The van der Waals surface area contributed by atoms with Crippen molar-refractivity contribution in [3.05, 3.63) is 0 Å². The van der Waals surface area contributed by atoms with E-state index in [1.54, 1.807) is 0 Å². The van der Waals surface area contributed by atoms with Crippen molar-refractivity contribution in [2.24, 2.45) is 23.2 Å². The van der Waals surface area contributed by atoms with E-state index in [9.17, 15) is 9.59 Å². The molecule has 2 fully saturated rings. The van der Waals surface area contributed by atoms with E-state index in [2.05, 4.69) is 6.92 Å². The Hall–Kier alpha value is -0.860. The number of ketones is 1. The molecule has 2 aliphatic carbocycles. The van der Waals surface area contributed by atoms with Crippen LogP contribution in [0.15, 0.2) is 0 Å². The number of carbonyl (C=O) groups is 2. The molecule has 0 aromatic heterocycles. The maximum atomic E-state index is 12.0. The first kappa shape index (κ1) is 11.6. The molecule has 0 amide bonds. The van der Waals surface area contributed by atoms with Crippen molar-refractivity contribution in [1.82, 2.24) is 0 Å². The van der Waals surface area contributed by atoms with Gasteiger partial charge in [0.05, 0.1) is 12.5 Å². The quantitative estimate of drug-likeness (QED) is 0.641. The molecule has 2 saturated carbocycles. The van der Waals surface area contributed by atoms with Gasteiger partial charge in [-0.2, -0.15) is 0 Å². The molecule has 4 unspecified atom stereocenters. The predicted octanol–water partition coefficient (Wildman–Crippen LogP) is 2.19. The van der Waals surface area contributed by atoms with Crippen molar-refractivity contribution in [3.63, 3.8) is 0 Å². The van der Waals surface area contributed by atoms with Gasteiger partial charge in [-0.15, -0.1) is 0 Å². The topological polar surface area (TPSA) is 43.4 Å². The maximum absolute atomic E-state index is 12.0. The minimum Gasteiger partial charge on any atom is -0.469 e. The summed E-state index contributed by atoms with van der Waals surface area (Å²) < 4.78 is 4.95. The molecule has 90 valence electrons. The van der Waals surface area contributed by atoms with Crippen LogP contribution in [0.2, 0.25) is 0 Å². The SMILES string of the molecule is COC(=O)C12CC(C)CC(C1)C(=O)C(C)C2. The van der Waals surface area contributed by atoms with Crippen molar-refractivity contribution >= 4 is 11.8 Å². The van der Waals surface area contributed by atoms with Crippen LogP contribution in [-0.2, 0) is 14.3 Å². The lowest BCUT2D eigenvalue weighted by Crippen LogP contribution is -2.49. The Balaban J connectivity index is 2.30. The van der Waals surface area contributed by atoms with Gasteiger partial charge < -0.3 is 4.74 Å². The van der Waals surface area contributed by atoms with Crippen molar-refractivity contribution in [3.8, 4) is 0 Å². The highest BCUT2D eigenvalue weighted by Crippen LogP contribution is 2.51. The van der Waals surface area contributed by atoms with Crippen LogP contribution in [0, 0.1) is 23.2 Å². The lowest BCUT2D eigenvalue weighted by Gasteiger charge is -2.46. The Morgan fingerprint density at radius 1 is 1.31 bits per heavy atom. The van der Waals surface area contributed by atoms with Gasteiger partial charge in [-0.25, -0.2) is 0 Å². The Morgan fingerprint density at radius 3 is 2.62 bits per heavy atom. The summed E-state index contributed by atoms with van der Waals surface area (Å²) in [4.78, 5) is 23.9. The number of carbonyl (C=O) groups excluding carboxylic acids is 2. The average Bonchev–Trinajstić information content (AvgIpc) is 2.24. The minimum absolute atomic E-state index is 0.0188. The van der Waals surface area contributed by atoms with E-state index in [1.165, 1.54) is 7.11 Å². The van der Waals surface area contributed by atoms with E-state index in [4.69, 9.17) is 4.74 Å². The summed E-state index contributed by atoms with van der Waals surface area (Å²) in [5, 5.41) is 0. The standard InChI is InChI=1S/C13H20O3/c1-8-4-10-7-13(5-8,12(15)16-3)6-9(2)11(10)14/h8-10H,4-7H2,1-3H3. The van der Waals surface area contributed by atoms with Crippen LogP contribution >= 0.6 is 0 Å². The maximum Gasteiger partial charge on any atom is 0.311 e. The van der Waals surface area contributed by atoms with Gasteiger partial charge in [-0.3, -0.25) is 9.59 Å². The van der Waals surface area contributed by atoms with Crippen LogP contribution in [0.1, 0.15) is 39.5 Å². The summed E-state index contributed by atoms with van der Waals surface area (Å²) in [6.45, 7) is 4.08. The van der Waals surface area contributed by atoms with Gasteiger partial charge in [-0.05, 0) is 31.6 Å². The fourth-order valence-electron chi connectivity index (χ4n) is 3.81. The molecule has 0 aromatic carbocycles. The van der Waals surface area contributed by atoms with E-state index >= 15 is 0 Å². The fraction of sp³-hybridized carbons (Fsp3) is 0.846. The number of esters is 1. The summed E-state index contributed by atoms with van der Waals surface area (Å²) >= 11 is 0. The van der Waals surface area contributed by atoms with Crippen molar-refractivity contribution < 1.29 is 14.3 Å². The highest BCUT2D eigenvalue weighted by Gasteiger charge is 2.52. The number of rotatable bonds is 1. The van der Waals surface area contributed by atoms with Gasteiger partial charge in [0.25, 0.3) is 0 Å². The van der Waals surface area contributed by atoms with Crippen LogP contribution in [0.5, 0.6) is 0 Å². The minimum atomic E-state index is -0.371. The van der Waals surface area contributed by atoms with Crippen LogP contribution < -0.4 is 0 Å². The summed E-state index contributed by atoms with van der Waals surface area (Å²) in [6.07, 6.45) is 3.22. The van der Waals surface area contributed by atoms with Gasteiger partial charge in [0.1, 0.15) is 5.78 Å². The second-order valence-electron chi connectivity index (χ2n) is 5.73. The van der Waals surface area contributed by atoms with E-state index < -0.39 is 0 Å². The van der Waals surface area contributed by atoms with Crippen LogP contribution in [0.25, 0.3) is 0 Å². The number of methoxy groups -OCH3 is 1. The molecule has 0 heterocycles. The number of ether oxygens (including phenoxy) is 1. The third kappa shape index (κ3) is 1.66. The van der Waals surface area contributed by atoms with Crippen LogP contribution in [0.4, 0.5) is 0 Å². The highest BCUT2D eigenvalue weighted by molar-refractivity contribution is 5.88. The first-order valence-electron chi connectivity index (χ1n) is 6.10. The second-order valence-corrected chi connectivity index (χ2v) is 5.73. The van der Waals surface area contributed by atoms with Gasteiger partial charge in [0.2, 0.25) is 0 Å². The Kier molecular flexibility index (Phi) is 2.81. The lowest BCUT2D eigenvalue weighted by molar-refractivity contribution is -0.164. The summed E-state index contributed by atoms with van der Waals surface area (Å²) in [7, 11) is 1.45. The number of Topliss-reactive ketones (excluding diaryl/α,β-unsaturated/α-hetero) is 1. The molecule has 0 aromatic rings. The first-order chi connectivity index (χ1) is 7.48. The van der Waals surface area contributed by atoms with E-state index in [1.807, 2.05) is 6.92 Å². The molecule has 0 saturated heterocycles. The van der Waals surface area contributed by atoms with Gasteiger partial charge >= 0.3 is 5.97 Å². The summed E-state index contributed by atoms with van der Waals surface area (Å²) in [5.74, 6) is 0.806. The molecule has 3 nitrogen and oxygen atoms in total. The molecular formula is C13H20O3. The van der Waals surface area contributed by atoms with E-state index in [-0.39, 0.29) is 23.2 Å². The fourth-order valence-corrected chi connectivity index (χ4v) is 3.81. The first-order valence-corrected chi connectivity index (χ1v) is 6.10. The molecule has 0 N–H and O–H groups in total. The van der Waals surface area contributed by atoms with Crippen molar-refractivity contribution in [2.75, 3.05) is 7.11 Å². The van der Waals surface area contributed by atoms with Crippen LogP contribution in [-0.4, -0.2) is 18.9 Å². The van der Waals surface area contributed by atoms with Crippen molar-refractivity contribution in [1.29, 1.82) is 0 Å². The van der Waals surface area contributed by atoms with Crippen LogP contribution in [0.3, 0.4) is 0 Å². The van der Waals surface area contributed by atoms with E-state index in [0.717, 1.165) is 12.8 Å². The Morgan fingerprint density at radius 2 is 2.00 bits per heavy atom. The predicted molar refractivity (Wildman–Crippen MR) is 59.7 cm³/mol. The smallest absolute Gasteiger partial charge is 0.311 e. The highest BCUT2D eigenvalue weighted by atomic mass is 16.5. The summed E-state index contributed by atoms with van der Waals surface area (Å²) in [6, 6.07) is 0. The van der Waals surface area contributed by atoms with Gasteiger partial charge in [0, 0.05) is 11.8 Å². The molecule has 16 heavy (non-hydrogen) atoms. The third-order valence-electron chi connectivity index (χ3n) is 4.27. The Bertz CT molecular complexity index is 319. The molecule has 4 atom stereocenters. The molecule has 0 radical (unpaired) electrons. The number of hydrogen-bond donors (Lipinski definition) is 0. The average molecular weight is 224 g/mol. The second kappa shape index (κ2) is 3.86. The zero-order chi connectivity index (χ0) is 11.9. The molecular weight excluding hydrogens is 204 g/mol. The Labute approximate surface area is 96.5 Å². The molecule has 0 aliphatic heterocycles. The molecule has 0 spiro atoms. The third-order valence-corrected chi connectivity index (χ3v) is 4.27.